The summed E-state index contributed by atoms with van der Waals surface area (Å²) < 4.78 is 5.33. The van der Waals surface area contributed by atoms with Gasteiger partial charge >= 0.3 is 0 Å². The van der Waals surface area contributed by atoms with E-state index in [1.165, 1.54) is 19.3 Å². The van der Waals surface area contributed by atoms with Crippen molar-refractivity contribution >= 4 is 0 Å². The maximum Gasteiger partial charge on any atom is 0.0468 e. The number of hydrogen-bond acceptors (Lipinski definition) is 1. The predicted octanol–water partition coefficient (Wildman–Crippen LogP) is 2.87. The first-order chi connectivity index (χ1) is 5.86. The van der Waals surface area contributed by atoms with Crippen molar-refractivity contribution in [2.24, 2.45) is 11.8 Å². The van der Waals surface area contributed by atoms with Crippen LogP contribution < -0.4 is 0 Å². The summed E-state index contributed by atoms with van der Waals surface area (Å²) >= 11 is 0. The van der Waals surface area contributed by atoms with Crippen LogP contribution in [0.1, 0.15) is 32.6 Å². The average Bonchev–Trinajstić information content (AvgIpc) is 2.53. The predicted molar refractivity (Wildman–Crippen MR) is 51.6 cm³/mol. The van der Waals surface area contributed by atoms with Crippen molar-refractivity contribution in [1.29, 1.82) is 0 Å². The molecule has 2 radical (unpaired) electrons. The van der Waals surface area contributed by atoms with Gasteiger partial charge < -0.3 is 4.74 Å². The standard InChI is InChI=1S/C11H20O/c1-3-10-5-6-11(9-10)7-8-12-4-2/h6,10-11H,1,3-5,7-9H2,2H3. The third kappa shape index (κ3) is 3.14. The fourth-order valence-electron chi connectivity index (χ4n) is 1.86. The van der Waals surface area contributed by atoms with Crippen molar-refractivity contribution in [3.05, 3.63) is 13.3 Å². The van der Waals surface area contributed by atoms with Crippen molar-refractivity contribution < 1.29 is 4.74 Å². The van der Waals surface area contributed by atoms with E-state index < -0.39 is 0 Å². The molecule has 1 nitrogen and oxygen atoms in total. The highest BCUT2D eigenvalue weighted by atomic mass is 16.5. The molecule has 1 aliphatic carbocycles. The monoisotopic (exact) mass is 168 g/mol. The Kier molecular flexibility index (Phi) is 4.67. The SMILES string of the molecule is [CH2]CC1C[CH]C(CCOCC)C1. The molecule has 1 rings (SSSR count). The Morgan fingerprint density at radius 2 is 2.42 bits per heavy atom. The minimum atomic E-state index is 0.809. The van der Waals surface area contributed by atoms with Crippen LogP contribution in [0.2, 0.25) is 0 Å². The van der Waals surface area contributed by atoms with Crippen molar-refractivity contribution in [3.8, 4) is 0 Å². The smallest absolute Gasteiger partial charge is 0.0468 e. The minimum absolute atomic E-state index is 0.809. The molecule has 70 valence electrons. The highest BCUT2D eigenvalue weighted by Crippen LogP contribution is 2.33. The van der Waals surface area contributed by atoms with Crippen molar-refractivity contribution in [2.75, 3.05) is 13.2 Å². The Morgan fingerprint density at radius 1 is 1.58 bits per heavy atom. The lowest BCUT2D eigenvalue weighted by molar-refractivity contribution is 0.135. The Bertz CT molecular complexity index is 112. The molecule has 2 unspecified atom stereocenters. The topological polar surface area (TPSA) is 9.23 Å². The maximum absolute atomic E-state index is 5.33. The van der Waals surface area contributed by atoms with Crippen LogP contribution in [0.5, 0.6) is 0 Å². The normalized spacial score (nSPS) is 29.5. The van der Waals surface area contributed by atoms with E-state index in [1.54, 1.807) is 0 Å². The minimum Gasteiger partial charge on any atom is -0.382 e. The van der Waals surface area contributed by atoms with Gasteiger partial charge in [0.15, 0.2) is 0 Å². The molecule has 1 heteroatoms. The van der Waals surface area contributed by atoms with Gasteiger partial charge in [-0.05, 0) is 44.4 Å². The quantitative estimate of drug-likeness (QED) is 0.573. The van der Waals surface area contributed by atoms with Gasteiger partial charge in [-0.1, -0.05) is 13.3 Å². The molecule has 0 bridgehead atoms. The largest absolute Gasteiger partial charge is 0.382 e. The van der Waals surface area contributed by atoms with Crippen LogP contribution in [0.4, 0.5) is 0 Å². The van der Waals surface area contributed by atoms with Gasteiger partial charge in [-0.25, -0.2) is 0 Å². The Labute approximate surface area is 76.5 Å². The third-order valence-electron chi connectivity index (χ3n) is 2.68. The molecule has 0 heterocycles. The molecule has 0 aromatic carbocycles. The zero-order valence-electron chi connectivity index (χ0n) is 8.09. The number of ether oxygens (including phenoxy) is 1. The molecule has 0 spiro atoms. The molecule has 2 atom stereocenters. The summed E-state index contributed by atoms with van der Waals surface area (Å²) in [6, 6.07) is 0. The second-order valence-corrected chi connectivity index (χ2v) is 3.61. The second-order valence-electron chi connectivity index (χ2n) is 3.61. The number of hydrogen-bond donors (Lipinski definition) is 0. The van der Waals surface area contributed by atoms with E-state index in [1.807, 2.05) is 0 Å². The molecule has 1 saturated carbocycles. The fraction of sp³-hybridized carbons (Fsp3) is 0.818. The van der Waals surface area contributed by atoms with E-state index >= 15 is 0 Å². The van der Waals surface area contributed by atoms with Gasteiger partial charge in [-0.15, -0.1) is 0 Å². The highest BCUT2D eigenvalue weighted by Gasteiger charge is 2.22. The molecule has 0 saturated heterocycles. The van der Waals surface area contributed by atoms with Gasteiger partial charge in [0.1, 0.15) is 0 Å². The van der Waals surface area contributed by atoms with Gasteiger partial charge in [0.05, 0.1) is 0 Å². The van der Waals surface area contributed by atoms with Gasteiger partial charge in [-0.2, -0.15) is 0 Å². The van der Waals surface area contributed by atoms with Gasteiger partial charge in [-0.3, -0.25) is 0 Å². The summed E-state index contributed by atoms with van der Waals surface area (Å²) in [5.41, 5.74) is 0. The molecule has 0 amide bonds. The summed E-state index contributed by atoms with van der Waals surface area (Å²) in [6.45, 7) is 7.78. The van der Waals surface area contributed by atoms with Crippen LogP contribution in [-0.2, 0) is 4.74 Å². The van der Waals surface area contributed by atoms with Crippen molar-refractivity contribution in [1.82, 2.24) is 0 Å². The first-order valence-electron chi connectivity index (χ1n) is 5.07. The van der Waals surface area contributed by atoms with Gasteiger partial charge in [0, 0.05) is 13.2 Å². The van der Waals surface area contributed by atoms with E-state index in [4.69, 9.17) is 4.74 Å². The highest BCUT2D eigenvalue weighted by molar-refractivity contribution is 4.89. The molecular formula is C11H20O. The third-order valence-corrected chi connectivity index (χ3v) is 2.68. The lowest BCUT2D eigenvalue weighted by Crippen LogP contribution is -2.02. The Balaban J connectivity index is 2.03. The van der Waals surface area contributed by atoms with E-state index in [0.29, 0.717) is 0 Å². The number of rotatable bonds is 5. The second kappa shape index (κ2) is 5.58. The van der Waals surface area contributed by atoms with Gasteiger partial charge in [0.2, 0.25) is 0 Å². The van der Waals surface area contributed by atoms with E-state index in [9.17, 15) is 0 Å². The van der Waals surface area contributed by atoms with Crippen LogP contribution in [0.25, 0.3) is 0 Å². The summed E-state index contributed by atoms with van der Waals surface area (Å²) in [5.74, 6) is 1.67. The molecule has 1 aliphatic rings. The molecule has 12 heavy (non-hydrogen) atoms. The fourth-order valence-corrected chi connectivity index (χ4v) is 1.86. The van der Waals surface area contributed by atoms with E-state index in [-0.39, 0.29) is 0 Å². The van der Waals surface area contributed by atoms with Crippen LogP contribution in [0.3, 0.4) is 0 Å². The zero-order chi connectivity index (χ0) is 8.81. The maximum atomic E-state index is 5.33. The van der Waals surface area contributed by atoms with Crippen LogP contribution in [0, 0.1) is 25.2 Å². The summed E-state index contributed by atoms with van der Waals surface area (Å²) in [5, 5.41) is 0. The van der Waals surface area contributed by atoms with E-state index in [0.717, 1.165) is 31.5 Å². The lowest BCUT2D eigenvalue weighted by atomic mass is 10.0. The lowest BCUT2D eigenvalue weighted by Gasteiger charge is -2.09. The molecular weight excluding hydrogens is 148 g/mol. The van der Waals surface area contributed by atoms with Crippen LogP contribution in [-0.4, -0.2) is 13.2 Å². The first-order valence-corrected chi connectivity index (χ1v) is 5.07. The van der Waals surface area contributed by atoms with Crippen LogP contribution in [0.15, 0.2) is 0 Å². The molecule has 0 aliphatic heterocycles. The van der Waals surface area contributed by atoms with Crippen LogP contribution >= 0.6 is 0 Å². The van der Waals surface area contributed by atoms with Crippen molar-refractivity contribution in [3.63, 3.8) is 0 Å². The summed E-state index contributed by atoms with van der Waals surface area (Å²) in [4.78, 5) is 0. The molecule has 0 aromatic heterocycles. The molecule has 1 fully saturated rings. The van der Waals surface area contributed by atoms with E-state index in [2.05, 4.69) is 20.3 Å². The van der Waals surface area contributed by atoms with Crippen molar-refractivity contribution in [2.45, 2.75) is 32.6 Å². The van der Waals surface area contributed by atoms with Gasteiger partial charge in [0.25, 0.3) is 0 Å². The summed E-state index contributed by atoms with van der Waals surface area (Å²) in [7, 11) is 0. The average molecular weight is 168 g/mol. The zero-order valence-corrected chi connectivity index (χ0v) is 8.09. The first kappa shape index (κ1) is 10.0. The Morgan fingerprint density at radius 3 is 3.00 bits per heavy atom. The molecule has 0 aromatic rings. The Hall–Kier alpha value is -0.0400. The molecule has 0 N–H and O–H groups in total. The summed E-state index contributed by atoms with van der Waals surface area (Å²) in [6.07, 6.45) is 7.39.